The van der Waals surface area contributed by atoms with Crippen LogP contribution in [0, 0.1) is 5.92 Å². The van der Waals surface area contributed by atoms with Crippen LogP contribution < -0.4 is 0 Å². The average molecular weight is 305 g/mol. The Kier molecular flexibility index (Phi) is 3.55. The van der Waals surface area contributed by atoms with Crippen molar-refractivity contribution in [3.8, 4) is 0 Å². The molecule has 1 aliphatic carbocycles. The largest absolute Gasteiger partial charge is 0.466 e. The highest BCUT2D eigenvalue weighted by atomic mass is 35.5. The van der Waals surface area contributed by atoms with E-state index in [0.717, 1.165) is 0 Å². The van der Waals surface area contributed by atoms with Crippen molar-refractivity contribution < 1.29 is 18.7 Å². The molecule has 0 N–H and O–H groups in total. The standard InChI is InChI=1S/C16H13ClO4/c17-16(15(19)21-10-12-7-4-8-20-12)9-13(16)14(18)11-5-2-1-3-6-11/h1-8,13H,9-10H2. The fraction of sp³-hybridized carbons (Fsp3) is 0.250. The second kappa shape index (κ2) is 5.37. The van der Waals surface area contributed by atoms with Gasteiger partial charge in [-0.15, -0.1) is 11.6 Å². The molecule has 0 bridgehead atoms. The second-order valence-electron chi connectivity index (χ2n) is 5.00. The van der Waals surface area contributed by atoms with E-state index in [2.05, 4.69) is 0 Å². The fourth-order valence-electron chi connectivity index (χ4n) is 2.22. The van der Waals surface area contributed by atoms with E-state index in [4.69, 9.17) is 20.8 Å². The van der Waals surface area contributed by atoms with Crippen LogP contribution in [0.4, 0.5) is 0 Å². The van der Waals surface area contributed by atoms with E-state index in [1.54, 1.807) is 36.4 Å². The van der Waals surface area contributed by atoms with E-state index in [-0.39, 0.29) is 12.4 Å². The highest BCUT2D eigenvalue weighted by molar-refractivity contribution is 6.39. The molecule has 1 fully saturated rings. The number of hydrogen-bond donors (Lipinski definition) is 0. The molecule has 1 saturated carbocycles. The number of furan rings is 1. The smallest absolute Gasteiger partial charge is 0.328 e. The lowest BCUT2D eigenvalue weighted by Gasteiger charge is -2.08. The fourth-order valence-corrected chi connectivity index (χ4v) is 2.53. The quantitative estimate of drug-likeness (QED) is 0.483. The van der Waals surface area contributed by atoms with Crippen LogP contribution in [-0.2, 0) is 16.1 Å². The predicted octanol–water partition coefficient (Wildman–Crippen LogP) is 3.20. The van der Waals surface area contributed by atoms with Crippen LogP contribution in [0.5, 0.6) is 0 Å². The first-order valence-corrected chi connectivity index (χ1v) is 6.97. The highest BCUT2D eigenvalue weighted by Gasteiger charge is 2.63. The van der Waals surface area contributed by atoms with Crippen LogP contribution in [0.3, 0.4) is 0 Å². The molecule has 4 nitrogen and oxygen atoms in total. The molecular weight excluding hydrogens is 292 g/mol. The van der Waals surface area contributed by atoms with Crippen LogP contribution in [0.2, 0.25) is 0 Å². The van der Waals surface area contributed by atoms with Gasteiger partial charge >= 0.3 is 5.97 Å². The first-order chi connectivity index (χ1) is 10.1. The third kappa shape index (κ3) is 2.72. The first kappa shape index (κ1) is 13.9. The van der Waals surface area contributed by atoms with Crippen molar-refractivity contribution in [3.05, 3.63) is 60.1 Å². The Morgan fingerprint density at radius 3 is 2.67 bits per heavy atom. The number of carbonyl (C=O) groups excluding carboxylic acids is 2. The van der Waals surface area contributed by atoms with Gasteiger partial charge in [-0.3, -0.25) is 9.59 Å². The molecule has 2 atom stereocenters. The number of rotatable bonds is 5. The first-order valence-electron chi connectivity index (χ1n) is 6.59. The molecule has 0 amide bonds. The summed E-state index contributed by atoms with van der Waals surface area (Å²) in [4.78, 5) is 23.0. The van der Waals surface area contributed by atoms with Gasteiger partial charge in [-0.1, -0.05) is 30.3 Å². The van der Waals surface area contributed by atoms with Gasteiger partial charge in [0, 0.05) is 5.56 Å². The molecule has 1 aromatic carbocycles. The zero-order chi connectivity index (χ0) is 14.9. The highest BCUT2D eigenvalue weighted by Crippen LogP contribution is 2.52. The van der Waals surface area contributed by atoms with Crippen molar-refractivity contribution >= 4 is 23.4 Å². The summed E-state index contributed by atoms with van der Waals surface area (Å²) in [5.74, 6) is -0.684. The topological polar surface area (TPSA) is 56.5 Å². The summed E-state index contributed by atoms with van der Waals surface area (Å²) >= 11 is 6.22. The summed E-state index contributed by atoms with van der Waals surface area (Å²) in [5.41, 5.74) is 0.559. The number of alkyl halides is 1. The number of Topliss-reactive ketones (excluding diaryl/α,β-unsaturated/α-hetero) is 1. The Balaban J connectivity index is 1.61. The van der Waals surface area contributed by atoms with E-state index in [1.807, 2.05) is 6.07 Å². The van der Waals surface area contributed by atoms with E-state index >= 15 is 0 Å². The molecule has 1 heterocycles. The van der Waals surface area contributed by atoms with Crippen LogP contribution in [0.1, 0.15) is 22.5 Å². The maximum absolute atomic E-state index is 12.2. The summed E-state index contributed by atoms with van der Waals surface area (Å²) in [6.45, 7) is 0.0204. The van der Waals surface area contributed by atoms with Gasteiger partial charge in [0.1, 0.15) is 12.4 Å². The van der Waals surface area contributed by atoms with Crippen molar-refractivity contribution in [2.24, 2.45) is 5.92 Å². The maximum Gasteiger partial charge on any atom is 0.328 e. The number of ketones is 1. The van der Waals surface area contributed by atoms with Gasteiger partial charge in [0.2, 0.25) is 0 Å². The number of halogens is 1. The van der Waals surface area contributed by atoms with Crippen LogP contribution in [-0.4, -0.2) is 16.6 Å². The Bertz CT molecular complexity index is 650. The normalized spacial score (nSPS) is 23.6. The molecule has 2 unspecified atom stereocenters. The van der Waals surface area contributed by atoms with E-state index in [9.17, 15) is 9.59 Å². The van der Waals surface area contributed by atoms with Crippen molar-refractivity contribution in [2.75, 3.05) is 0 Å². The zero-order valence-electron chi connectivity index (χ0n) is 11.1. The minimum absolute atomic E-state index is 0.0204. The van der Waals surface area contributed by atoms with E-state index < -0.39 is 16.8 Å². The molecule has 1 aromatic heterocycles. The summed E-state index contributed by atoms with van der Waals surface area (Å²) in [7, 11) is 0. The molecule has 0 radical (unpaired) electrons. The third-order valence-corrected chi connectivity index (χ3v) is 4.11. The number of ether oxygens (including phenoxy) is 1. The van der Waals surface area contributed by atoms with Gasteiger partial charge in [0.15, 0.2) is 10.7 Å². The molecule has 1 aliphatic rings. The van der Waals surface area contributed by atoms with Crippen molar-refractivity contribution in [2.45, 2.75) is 17.9 Å². The van der Waals surface area contributed by atoms with Crippen LogP contribution in [0.15, 0.2) is 53.1 Å². The van der Waals surface area contributed by atoms with Gasteiger partial charge in [-0.25, -0.2) is 0 Å². The Labute approximate surface area is 126 Å². The van der Waals surface area contributed by atoms with Gasteiger partial charge < -0.3 is 9.15 Å². The monoisotopic (exact) mass is 304 g/mol. The summed E-state index contributed by atoms with van der Waals surface area (Å²) < 4.78 is 10.2. The maximum atomic E-state index is 12.2. The lowest BCUT2D eigenvalue weighted by Crippen LogP contribution is -2.24. The number of benzene rings is 1. The van der Waals surface area contributed by atoms with Gasteiger partial charge in [0.05, 0.1) is 12.2 Å². The number of esters is 1. The summed E-state index contributed by atoms with van der Waals surface area (Å²) in [5, 5.41) is 0. The van der Waals surface area contributed by atoms with Crippen molar-refractivity contribution in [1.29, 1.82) is 0 Å². The summed E-state index contributed by atoms with van der Waals surface area (Å²) in [6.07, 6.45) is 1.80. The molecule has 3 rings (SSSR count). The lowest BCUT2D eigenvalue weighted by molar-refractivity contribution is -0.146. The molecular formula is C16H13ClO4. The van der Waals surface area contributed by atoms with Crippen molar-refractivity contribution in [1.82, 2.24) is 0 Å². The van der Waals surface area contributed by atoms with Crippen LogP contribution >= 0.6 is 11.6 Å². The molecule has 108 valence electrons. The minimum Gasteiger partial charge on any atom is -0.466 e. The number of carbonyl (C=O) groups is 2. The third-order valence-electron chi connectivity index (χ3n) is 3.53. The summed E-state index contributed by atoms with van der Waals surface area (Å²) in [6, 6.07) is 12.2. The van der Waals surface area contributed by atoms with E-state index in [0.29, 0.717) is 17.7 Å². The Morgan fingerprint density at radius 1 is 1.24 bits per heavy atom. The Morgan fingerprint density at radius 2 is 2.00 bits per heavy atom. The van der Waals surface area contributed by atoms with Gasteiger partial charge in [-0.05, 0) is 18.6 Å². The predicted molar refractivity (Wildman–Crippen MR) is 76.0 cm³/mol. The minimum atomic E-state index is -1.24. The average Bonchev–Trinajstić information content (AvgIpc) is 2.97. The Hall–Kier alpha value is -2.07. The molecule has 0 spiro atoms. The zero-order valence-corrected chi connectivity index (χ0v) is 11.9. The molecule has 21 heavy (non-hydrogen) atoms. The van der Waals surface area contributed by atoms with Gasteiger partial charge in [-0.2, -0.15) is 0 Å². The van der Waals surface area contributed by atoms with Crippen LogP contribution in [0.25, 0.3) is 0 Å². The SMILES string of the molecule is O=C(c1ccccc1)C1CC1(Cl)C(=O)OCc1ccco1. The molecule has 0 saturated heterocycles. The molecule has 2 aromatic rings. The van der Waals surface area contributed by atoms with E-state index in [1.165, 1.54) is 6.26 Å². The number of hydrogen-bond acceptors (Lipinski definition) is 4. The van der Waals surface area contributed by atoms with Crippen molar-refractivity contribution in [3.63, 3.8) is 0 Å². The van der Waals surface area contributed by atoms with Gasteiger partial charge in [0.25, 0.3) is 0 Å². The lowest BCUT2D eigenvalue weighted by atomic mass is 10.1. The molecule has 0 aliphatic heterocycles. The molecule has 5 heteroatoms. The second-order valence-corrected chi connectivity index (χ2v) is 5.68.